The molecule has 1 aliphatic heterocycles. The Morgan fingerprint density at radius 2 is 2.19 bits per heavy atom. The van der Waals surface area contributed by atoms with Crippen LogP contribution in [0.3, 0.4) is 0 Å². The minimum absolute atomic E-state index is 0.0947. The summed E-state index contributed by atoms with van der Waals surface area (Å²) >= 11 is 2.59. The van der Waals surface area contributed by atoms with Gasteiger partial charge in [-0.15, -0.1) is 10.2 Å². The lowest BCUT2D eigenvalue weighted by Crippen LogP contribution is -2.40. The molecule has 27 heavy (non-hydrogen) atoms. The summed E-state index contributed by atoms with van der Waals surface area (Å²) in [6, 6.07) is 4.41. The molecule has 12 heteroatoms. The van der Waals surface area contributed by atoms with Gasteiger partial charge in [0.25, 0.3) is 0 Å². The van der Waals surface area contributed by atoms with Gasteiger partial charge in [-0.2, -0.15) is 4.31 Å². The molecule has 2 aromatic rings. The maximum absolute atomic E-state index is 12.8. The predicted octanol–water partition coefficient (Wildman–Crippen LogP) is 1.30. The van der Waals surface area contributed by atoms with Crippen molar-refractivity contribution in [1.82, 2.24) is 14.5 Å². The van der Waals surface area contributed by atoms with Crippen molar-refractivity contribution >= 4 is 44.7 Å². The molecule has 0 aliphatic carbocycles. The molecule has 0 bridgehead atoms. The maximum Gasteiger partial charge on any atom is 0.243 e. The van der Waals surface area contributed by atoms with E-state index in [0.717, 1.165) is 0 Å². The molecule has 1 saturated heterocycles. The van der Waals surface area contributed by atoms with E-state index in [2.05, 4.69) is 15.5 Å². The van der Waals surface area contributed by atoms with Gasteiger partial charge in [-0.05, 0) is 18.2 Å². The molecule has 0 radical (unpaired) electrons. The van der Waals surface area contributed by atoms with E-state index >= 15 is 0 Å². The van der Waals surface area contributed by atoms with Crippen LogP contribution in [0.25, 0.3) is 0 Å². The van der Waals surface area contributed by atoms with Gasteiger partial charge in [0.15, 0.2) is 4.34 Å². The van der Waals surface area contributed by atoms with Gasteiger partial charge in [-0.25, -0.2) is 8.42 Å². The monoisotopic (exact) mass is 430 g/mol. The zero-order valence-electron chi connectivity index (χ0n) is 14.5. The molecule has 0 saturated carbocycles. The number of carbonyl (C=O) groups excluding carboxylic acids is 1. The summed E-state index contributed by atoms with van der Waals surface area (Å²) < 4.78 is 38.1. The summed E-state index contributed by atoms with van der Waals surface area (Å²) in [7, 11) is -2.21. The average molecular weight is 431 g/mol. The highest BCUT2D eigenvalue weighted by Crippen LogP contribution is 2.29. The zero-order chi connectivity index (χ0) is 19.3. The normalized spacial score (nSPS) is 15.4. The van der Waals surface area contributed by atoms with Gasteiger partial charge in [-0.1, -0.05) is 23.1 Å². The van der Waals surface area contributed by atoms with Crippen molar-refractivity contribution in [3.63, 3.8) is 0 Å². The largest absolute Gasteiger partial charge is 0.495 e. The summed E-state index contributed by atoms with van der Waals surface area (Å²) in [5.41, 5.74) is 1.89. The molecule has 2 heterocycles. The number of aromatic nitrogens is 2. The van der Waals surface area contributed by atoms with Crippen molar-refractivity contribution in [2.45, 2.75) is 9.24 Å². The number of hydrogen-bond acceptors (Lipinski definition) is 9. The van der Waals surface area contributed by atoms with Crippen molar-refractivity contribution in [3.8, 4) is 5.75 Å². The first kappa shape index (κ1) is 20.0. The third-order valence-corrected chi connectivity index (χ3v) is 7.47. The van der Waals surface area contributed by atoms with Crippen LogP contribution in [0.15, 0.2) is 32.9 Å². The molecule has 1 aliphatic rings. The molecule has 1 aromatic carbocycles. The summed E-state index contributed by atoms with van der Waals surface area (Å²) in [4.78, 5) is 12.3. The number of ether oxygens (including phenoxy) is 2. The van der Waals surface area contributed by atoms with Crippen molar-refractivity contribution in [3.05, 3.63) is 23.7 Å². The molecule has 1 fully saturated rings. The predicted molar refractivity (Wildman–Crippen MR) is 102 cm³/mol. The highest BCUT2D eigenvalue weighted by molar-refractivity contribution is 8.01. The van der Waals surface area contributed by atoms with Gasteiger partial charge in [0.05, 0.1) is 36.7 Å². The highest BCUT2D eigenvalue weighted by atomic mass is 32.2. The number of rotatable bonds is 7. The first-order valence-corrected chi connectivity index (χ1v) is 11.3. The number of nitrogens with one attached hydrogen (secondary N) is 1. The topological polar surface area (TPSA) is 111 Å². The molecular weight excluding hydrogens is 412 g/mol. The van der Waals surface area contributed by atoms with Gasteiger partial charge in [0.2, 0.25) is 15.9 Å². The lowest BCUT2D eigenvalue weighted by molar-refractivity contribution is -0.113. The molecule has 146 valence electrons. The second-order valence-electron chi connectivity index (χ2n) is 5.42. The number of sulfonamides is 1. The minimum Gasteiger partial charge on any atom is -0.495 e. The van der Waals surface area contributed by atoms with Crippen molar-refractivity contribution < 1.29 is 22.7 Å². The van der Waals surface area contributed by atoms with Crippen LogP contribution in [0.4, 0.5) is 5.69 Å². The van der Waals surface area contributed by atoms with E-state index in [1.807, 2.05) is 0 Å². The molecule has 3 rings (SSSR count). The summed E-state index contributed by atoms with van der Waals surface area (Å²) in [5, 5.41) is 10.3. The van der Waals surface area contributed by atoms with Gasteiger partial charge >= 0.3 is 0 Å². The van der Waals surface area contributed by atoms with Crippen LogP contribution in [0.1, 0.15) is 0 Å². The first-order chi connectivity index (χ1) is 13.0. The van der Waals surface area contributed by atoms with Gasteiger partial charge in [0.1, 0.15) is 11.3 Å². The Hall–Kier alpha value is -1.73. The standard InChI is InChI=1S/C15H18N4O5S3/c1-23-13-3-2-11(27(21,22)19-4-6-24-7-5-19)8-12(13)17-14(20)9-25-15-18-16-10-26-15/h2-3,8,10H,4-7,9H2,1H3,(H,17,20). The number of carbonyl (C=O) groups is 1. The fourth-order valence-corrected chi connectivity index (χ4v) is 5.14. The third-order valence-electron chi connectivity index (χ3n) is 3.72. The molecule has 1 amide bonds. The lowest BCUT2D eigenvalue weighted by atomic mass is 10.3. The number of benzene rings is 1. The van der Waals surface area contributed by atoms with E-state index in [-0.39, 0.29) is 16.6 Å². The fraction of sp³-hybridized carbons (Fsp3) is 0.400. The van der Waals surface area contributed by atoms with E-state index in [1.165, 1.54) is 52.7 Å². The Morgan fingerprint density at radius 1 is 1.41 bits per heavy atom. The third kappa shape index (κ3) is 4.96. The Balaban J connectivity index is 1.75. The smallest absolute Gasteiger partial charge is 0.243 e. The van der Waals surface area contributed by atoms with Crippen LogP contribution in [-0.4, -0.2) is 68.0 Å². The van der Waals surface area contributed by atoms with Crippen LogP contribution in [-0.2, 0) is 19.6 Å². The maximum atomic E-state index is 12.8. The molecular formula is C15H18N4O5S3. The molecule has 0 unspecified atom stereocenters. The number of methoxy groups -OCH3 is 1. The second-order valence-corrected chi connectivity index (χ2v) is 9.41. The number of hydrogen-bond donors (Lipinski definition) is 1. The Bertz CT molecular complexity index is 883. The number of amides is 1. The summed E-state index contributed by atoms with van der Waals surface area (Å²) in [6.07, 6.45) is 0. The van der Waals surface area contributed by atoms with Gasteiger partial charge in [0, 0.05) is 13.1 Å². The minimum atomic E-state index is -3.67. The van der Waals surface area contributed by atoms with Crippen LogP contribution in [0, 0.1) is 0 Å². The Labute approximate surface area is 165 Å². The van der Waals surface area contributed by atoms with Crippen molar-refractivity contribution in [1.29, 1.82) is 0 Å². The Morgan fingerprint density at radius 3 is 2.85 bits per heavy atom. The van der Waals surface area contributed by atoms with Crippen LogP contribution in [0.5, 0.6) is 5.75 Å². The van der Waals surface area contributed by atoms with E-state index in [9.17, 15) is 13.2 Å². The van der Waals surface area contributed by atoms with Crippen LogP contribution in [0.2, 0.25) is 0 Å². The van der Waals surface area contributed by atoms with E-state index in [0.29, 0.717) is 42.1 Å². The van der Waals surface area contributed by atoms with E-state index in [1.54, 1.807) is 5.51 Å². The first-order valence-electron chi connectivity index (χ1n) is 7.95. The molecule has 1 N–H and O–H groups in total. The highest BCUT2D eigenvalue weighted by Gasteiger charge is 2.27. The van der Waals surface area contributed by atoms with Gasteiger partial charge < -0.3 is 14.8 Å². The summed E-state index contributed by atoms with van der Waals surface area (Å²) in [5.74, 6) is 0.207. The second kappa shape index (κ2) is 8.97. The SMILES string of the molecule is COc1ccc(S(=O)(=O)N2CCOCC2)cc1NC(=O)CSc1nncs1. The molecule has 0 spiro atoms. The number of anilines is 1. The number of morpholine rings is 1. The van der Waals surface area contributed by atoms with Crippen molar-refractivity contribution in [2.24, 2.45) is 0 Å². The van der Waals surface area contributed by atoms with Gasteiger partial charge in [-0.3, -0.25) is 4.79 Å². The van der Waals surface area contributed by atoms with Crippen LogP contribution >= 0.6 is 23.1 Å². The number of nitrogens with zero attached hydrogens (tertiary/aromatic N) is 3. The van der Waals surface area contributed by atoms with E-state index < -0.39 is 10.0 Å². The number of thioether (sulfide) groups is 1. The molecule has 9 nitrogen and oxygen atoms in total. The summed E-state index contributed by atoms with van der Waals surface area (Å²) in [6.45, 7) is 1.33. The van der Waals surface area contributed by atoms with E-state index in [4.69, 9.17) is 9.47 Å². The molecule has 0 atom stereocenters. The quantitative estimate of drug-likeness (QED) is 0.655. The average Bonchev–Trinajstić information content (AvgIpc) is 3.20. The zero-order valence-corrected chi connectivity index (χ0v) is 16.9. The van der Waals surface area contributed by atoms with Crippen LogP contribution < -0.4 is 10.1 Å². The Kier molecular flexibility index (Phi) is 6.65. The lowest BCUT2D eigenvalue weighted by Gasteiger charge is -2.26. The fourth-order valence-electron chi connectivity index (χ4n) is 2.42. The molecule has 1 aromatic heterocycles. The van der Waals surface area contributed by atoms with Crippen molar-refractivity contribution in [2.75, 3.05) is 44.5 Å².